The molecular formula is C12H16BrNO2. The number of rotatable bonds is 6. The van der Waals surface area contributed by atoms with Crippen LogP contribution in [0.25, 0.3) is 0 Å². The van der Waals surface area contributed by atoms with Crippen LogP contribution in [-0.4, -0.2) is 19.1 Å². The highest BCUT2D eigenvalue weighted by Gasteiger charge is 2.01. The summed E-state index contributed by atoms with van der Waals surface area (Å²) in [6, 6.07) is 7.40. The lowest BCUT2D eigenvalue weighted by Gasteiger charge is -2.06. The number of hydrogen-bond acceptors (Lipinski definition) is 2. The minimum atomic E-state index is -0.0728. The van der Waals surface area contributed by atoms with Gasteiger partial charge in [0.2, 0.25) is 0 Å². The summed E-state index contributed by atoms with van der Waals surface area (Å²) in [7, 11) is 0. The number of nitrogens with one attached hydrogen (secondary N) is 1. The monoisotopic (exact) mass is 285 g/mol. The Morgan fingerprint density at radius 1 is 1.38 bits per heavy atom. The molecule has 0 radical (unpaired) electrons. The molecular weight excluding hydrogens is 270 g/mol. The number of amides is 1. The van der Waals surface area contributed by atoms with Gasteiger partial charge in [-0.25, -0.2) is 0 Å². The fourth-order valence-electron chi connectivity index (χ4n) is 1.14. The number of carbonyl (C=O) groups excluding carboxylic acids is 1. The average Bonchev–Trinajstić information content (AvgIpc) is 2.29. The summed E-state index contributed by atoms with van der Waals surface area (Å²) in [5.41, 5.74) is 0. The third kappa shape index (κ3) is 5.16. The molecule has 0 aliphatic heterocycles. The van der Waals surface area contributed by atoms with Crippen LogP contribution in [0.5, 0.6) is 5.75 Å². The zero-order valence-electron chi connectivity index (χ0n) is 9.33. The van der Waals surface area contributed by atoms with E-state index >= 15 is 0 Å². The van der Waals surface area contributed by atoms with Gasteiger partial charge in [0.05, 0.1) is 0 Å². The molecule has 0 bridgehead atoms. The van der Waals surface area contributed by atoms with E-state index in [2.05, 4.69) is 28.2 Å². The van der Waals surface area contributed by atoms with Crippen molar-refractivity contribution in [3.63, 3.8) is 0 Å². The fourth-order valence-corrected chi connectivity index (χ4v) is 1.40. The van der Waals surface area contributed by atoms with Gasteiger partial charge in [0.25, 0.3) is 5.91 Å². The smallest absolute Gasteiger partial charge is 0.257 e. The Hall–Kier alpha value is -1.03. The van der Waals surface area contributed by atoms with Crippen LogP contribution in [0.4, 0.5) is 0 Å². The molecule has 0 unspecified atom stereocenters. The molecule has 16 heavy (non-hydrogen) atoms. The molecule has 0 saturated carbocycles. The summed E-state index contributed by atoms with van der Waals surface area (Å²) in [5.74, 6) is 0.630. The second-order valence-corrected chi connectivity index (χ2v) is 4.36. The van der Waals surface area contributed by atoms with Crippen LogP contribution in [-0.2, 0) is 4.79 Å². The normalized spacial score (nSPS) is 9.88. The quantitative estimate of drug-likeness (QED) is 0.817. The Morgan fingerprint density at radius 2 is 2.06 bits per heavy atom. The van der Waals surface area contributed by atoms with Crippen LogP contribution in [0.1, 0.15) is 19.8 Å². The molecule has 0 spiro atoms. The molecule has 1 rings (SSSR count). The molecule has 0 fully saturated rings. The first-order valence-corrected chi connectivity index (χ1v) is 6.16. The van der Waals surface area contributed by atoms with Crippen LogP contribution in [0, 0.1) is 0 Å². The van der Waals surface area contributed by atoms with Crippen molar-refractivity contribution >= 4 is 21.8 Å². The molecule has 1 aromatic carbocycles. The number of benzene rings is 1. The number of halogens is 1. The van der Waals surface area contributed by atoms with Gasteiger partial charge >= 0.3 is 0 Å². The minimum absolute atomic E-state index is 0.0728. The molecule has 88 valence electrons. The lowest BCUT2D eigenvalue weighted by Crippen LogP contribution is -2.29. The van der Waals surface area contributed by atoms with Crippen LogP contribution in [0.15, 0.2) is 28.7 Å². The van der Waals surface area contributed by atoms with Crippen LogP contribution < -0.4 is 10.1 Å². The minimum Gasteiger partial charge on any atom is -0.484 e. The predicted octanol–water partition coefficient (Wildman–Crippen LogP) is 2.74. The van der Waals surface area contributed by atoms with Crippen LogP contribution in [0.3, 0.4) is 0 Å². The van der Waals surface area contributed by atoms with Gasteiger partial charge in [-0.15, -0.1) is 0 Å². The zero-order valence-corrected chi connectivity index (χ0v) is 10.9. The fraction of sp³-hybridized carbons (Fsp3) is 0.417. The largest absolute Gasteiger partial charge is 0.484 e. The summed E-state index contributed by atoms with van der Waals surface area (Å²) < 4.78 is 6.31. The molecule has 0 saturated heterocycles. The third-order valence-electron chi connectivity index (χ3n) is 2.04. The van der Waals surface area contributed by atoms with Crippen LogP contribution in [0.2, 0.25) is 0 Å². The van der Waals surface area contributed by atoms with E-state index in [4.69, 9.17) is 4.74 Å². The first kappa shape index (κ1) is 13.0. The molecule has 0 aliphatic carbocycles. The van der Waals surface area contributed by atoms with E-state index in [-0.39, 0.29) is 12.5 Å². The maximum absolute atomic E-state index is 11.3. The molecule has 0 aromatic heterocycles. The zero-order chi connectivity index (χ0) is 11.8. The Bertz CT molecular complexity index is 324. The summed E-state index contributed by atoms with van der Waals surface area (Å²) in [4.78, 5) is 11.3. The van der Waals surface area contributed by atoms with Crippen molar-refractivity contribution in [2.45, 2.75) is 19.8 Å². The summed E-state index contributed by atoms with van der Waals surface area (Å²) in [6.07, 6.45) is 2.08. The highest BCUT2D eigenvalue weighted by molar-refractivity contribution is 9.10. The number of ether oxygens (including phenoxy) is 1. The van der Waals surface area contributed by atoms with Crippen molar-refractivity contribution in [2.75, 3.05) is 13.2 Å². The van der Waals surface area contributed by atoms with Crippen molar-refractivity contribution in [2.24, 2.45) is 0 Å². The van der Waals surface area contributed by atoms with E-state index in [0.29, 0.717) is 5.75 Å². The standard InChI is InChI=1S/C12H16BrNO2/c1-2-3-8-14-12(15)9-16-11-6-4-10(13)5-7-11/h4-7H,2-3,8-9H2,1H3,(H,14,15). The Labute approximate surface area is 104 Å². The predicted molar refractivity (Wildman–Crippen MR) is 67.6 cm³/mol. The third-order valence-corrected chi connectivity index (χ3v) is 2.56. The molecule has 0 aliphatic rings. The Balaban J connectivity index is 2.23. The van der Waals surface area contributed by atoms with Crippen molar-refractivity contribution in [1.82, 2.24) is 5.32 Å². The van der Waals surface area contributed by atoms with E-state index in [9.17, 15) is 4.79 Å². The molecule has 0 atom stereocenters. The van der Waals surface area contributed by atoms with E-state index in [1.165, 1.54) is 0 Å². The highest BCUT2D eigenvalue weighted by Crippen LogP contribution is 2.15. The number of hydrogen-bond donors (Lipinski definition) is 1. The van der Waals surface area contributed by atoms with Crippen molar-refractivity contribution in [3.8, 4) is 5.75 Å². The molecule has 4 heteroatoms. The maximum atomic E-state index is 11.3. The molecule has 1 aromatic rings. The van der Waals surface area contributed by atoms with Crippen molar-refractivity contribution < 1.29 is 9.53 Å². The average molecular weight is 286 g/mol. The van der Waals surface area contributed by atoms with Gasteiger partial charge < -0.3 is 10.1 Å². The van der Waals surface area contributed by atoms with Crippen molar-refractivity contribution in [3.05, 3.63) is 28.7 Å². The lowest BCUT2D eigenvalue weighted by atomic mass is 10.3. The van der Waals surface area contributed by atoms with Crippen LogP contribution >= 0.6 is 15.9 Å². The van der Waals surface area contributed by atoms with E-state index < -0.39 is 0 Å². The topological polar surface area (TPSA) is 38.3 Å². The van der Waals surface area contributed by atoms with Gasteiger partial charge in [-0.05, 0) is 30.7 Å². The first-order chi connectivity index (χ1) is 7.72. The summed E-state index contributed by atoms with van der Waals surface area (Å²) >= 11 is 3.33. The van der Waals surface area contributed by atoms with Gasteiger partial charge in [0, 0.05) is 11.0 Å². The number of unbranched alkanes of at least 4 members (excludes halogenated alkanes) is 1. The van der Waals surface area contributed by atoms with Gasteiger partial charge in [-0.2, -0.15) is 0 Å². The first-order valence-electron chi connectivity index (χ1n) is 5.37. The summed E-state index contributed by atoms with van der Waals surface area (Å²) in [5, 5.41) is 2.79. The summed E-state index contributed by atoms with van der Waals surface area (Å²) in [6.45, 7) is 2.88. The second-order valence-electron chi connectivity index (χ2n) is 3.45. The van der Waals surface area contributed by atoms with E-state index in [1.54, 1.807) is 0 Å². The highest BCUT2D eigenvalue weighted by atomic mass is 79.9. The Kier molecular flexibility index (Phi) is 5.93. The molecule has 3 nitrogen and oxygen atoms in total. The lowest BCUT2D eigenvalue weighted by molar-refractivity contribution is -0.123. The Morgan fingerprint density at radius 3 is 2.69 bits per heavy atom. The van der Waals surface area contributed by atoms with Gasteiger partial charge in [0.15, 0.2) is 6.61 Å². The van der Waals surface area contributed by atoms with Gasteiger partial charge in [0.1, 0.15) is 5.75 Å². The maximum Gasteiger partial charge on any atom is 0.257 e. The second kappa shape index (κ2) is 7.28. The SMILES string of the molecule is CCCCNC(=O)COc1ccc(Br)cc1. The van der Waals surface area contributed by atoms with Gasteiger partial charge in [-0.1, -0.05) is 29.3 Å². The van der Waals surface area contributed by atoms with Gasteiger partial charge in [-0.3, -0.25) is 4.79 Å². The molecule has 0 heterocycles. The van der Waals surface area contributed by atoms with E-state index in [0.717, 1.165) is 23.9 Å². The number of carbonyl (C=O) groups is 1. The van der Waals surface area contributed by atoms with E-state index in [1.807, 2.05) is 24.3 Å². The molecule has 1 amide bonds. The molecule has 1 N–H and O–H groups in total. The van der Waals surface area contributed by atoms with Crippen molar-refractivity contribution in [1.29, 1.82) is 0 Å².